The summed E-state index contributed by atoms with van der Waals surface area (Å²) >= 11 is 12.5. The van der Waals surface area contributed by atoms with E-state index in [0.717, 1.165) is 16.7 Å². The van der Waals surface area contributed by atoms with E-state index in [-0.39, 0.29) is 5.91 Å². The molecule has 0 atom stereocenters. The van der Waals surface area contributed by atoms with Gasteiger partial charge in [-0.3, -0.25) is 4.79 Å². The molecule has 0 saturated carbocycles. The zero-order valence-electron chi connectivity index (χ0n) is 17.3. The van der Waals surface area contributed by atoms with Crippen molar-refractivity contribution in [1.82, 2.24) is 14.8 Å². The number of rotatable bonds is 7. The Labute approximate surface area is 196 Å². The number of hydrogen-bond acceptors (Lipinski definition) is 5. The average molecular weight is 466 g/mol. The van der Waals surface area contributed by atoms with Crippen LogP contribution in [0.15, 0.2) is 72.8 Å². The van der Waals surface area contributed by atoms with Gasteiger partial charge < -0.3 is 10.6 Å². The molecule has 0 aliphatic rings. The van der Waals surface area contributed by atoms with Crippen molar-refractivity contribution in [2.75, 3.05) is 10.6 Å². The Bertz CT molecular complexity index is 1250. The summed E-state index contributed by atoms with van der Waals surface area (Å²) < 4.78 is 1.26. The molecule has 8 heteroatoms. The molecule has 1 aromatic heterocycles. The molecule has 0 amide bonds. The van der Waals surface area contributed by atoms with Crippen LogP contribution in [0.2, 0.25) is 10.0 Å². The first kappa shape index (κ1) is 21.9. The molecular formula is C24H21Cl2N5O. The average Bonchev–Trinajstić information content (AvgIpc) is 3.20. The summed E-state index contributed by atoms with van der Waals surface area (Å²) in [5.41, 5.74) is 3.30. The highest BCUT2D eigenvalue weighted by Crippen LogP contribution is 2.20. The van der Waals surface area contributed by atoms with Crippen LogP contribution in [0, 0.1) is 6.92 Å². The van der Waals surface area contributed by atoms with Gasteiger partial charge in [0.25, 0.3) is 5.91 Å². The van der Waals surface area contributed by atoms with Crippen molar-refractivity contribution in [3.8, 4) is 0 Å². The minimum absolute atomic E-state index is 0.284. The van der Waals surface area contributed by atoms with Crippen molar-refractivity contribution in [1.29, 1.82) is 0 Å². The number of carbonyl (C=O) groups excluding carboxylic acids is 1. The Morgan fingerprint density at radius 2 is 1.50 bits per heavy atom. The molecule has 6 nitrogen and oxygen atoms in total. The lowest BCUT2D eigenvalue weighted by Crippen LogP contribution is -2.18. The summed E-state index contributed by atoms with van der Waals surface area (Å²) in [5, 5.41) is 12.0. The normalized spacial score (nSPS) is 10.7. The van der Waals surface area contributed by atoms with Crippen molar-refractivity contribution in [2.24, 2.45) is 0 Å². The number of nitrogens with zero attached hydrogens (tertiary/aromatic N) is 3. The molecule has 0 aliphatic carbocycles. The van der Waals surface area contributed by atoms with Gasteiger partial charge in [0.2, 0.25) is 11.9 Å². The summed E-state index contributed by atoms with van der Waals surface area (Å²) in [7, 11) is 0. The van der Waals surface area contributed by atoms with E-state index in [9.17, 15) is 4.79 Å². The van der Waals surface area contributed by atoms with E-state index in [1.807, 2.05) is 73.7 Å². The first-order chi connectivity index (χ1) is 15.5. The fourth-order valence-electron chi connectivity index (χ4n) is 3.18. The Kier molecular flexibility index (Phi) is 6.73. The minimum Gasteiger partial charge on any atom is -0.350 e. The molecule has 4 rings (SSSR count). The highest BCUT2D eigenvalue weighted by molar-refractivity contribution is 6.31. The number of anilines is 2. The molecule has 0 aliphatic heterocycles. The van der Waals surface area contributed by atoms with Crippen LogP contribution in [0.4, 0.5) is 11.9 Å². The van der Waals surface area contributed by atoms with E-state index >= 15 is 0 Å². The minimum atomic E-state index is -0.284. The number of carbonyl (C=O) groups is 1. The van der Waals surface area contributed by atoms with Crippen LogP contribution in [0.5, 0.6) is 0 Å². The van der Waals surface area contributed by atoms with E-state index in [4.69, 9.17) is 23.2 Å². The SMILES string of the molecule is Cc1cccc(C(=O)n2nc(NCc3ccccc3Cl)nc2NCc2ccccc2Cl)c1. The fraction of sp³-hybridized carbons (Fsp3) is 0.125. The van der Waals surface area contributed by atoms with Gasteiger partial charge in [-0.25, -0.2) is 0 Å². The van der Waals surface area contributed by atoms with E-state index in [1.54, 1.807) is 6.07 Å². The summed E-state index contributed by atoms with van der Waals surface area (Å²) in [6.45, 7) is 2.75. The smallest absolute Gasteiger partial charge is 0.281 e. The van der Waals surface area contributed by atoms with Gasteiger partial charge in [0.05, 0.1) is 0 Å². The lowest BCUT2D eigenvalue weighted by molar-refractivity contribution is 0.0947. The molecular weight excluding hydrogens is 445 g/mol. The molecule has 0 saturated heterocycles. The van der Waals surface area contributed by atoms with Gasteiger partial charge in [-0.15, -0.1) is 5.10 Å². The highest BCUT2D eigenvalue weighted by Gasteiger charge is 2.18. The van der Waals surface area contributed by atoms with Gasteiger partial charge in [0, 0.05) is 28.7 Å². The second-order valence-electron chi connectivity index (χ2n) is 7.24. The number of nitrogens with one attached hydrogen (secondary N) is 2. The van der Waals surface area contributed by atoms with Gasteiger partial charge in [-0.1, -0.05) is 77.3 Å². The summed E-state index contributed by atoms with van der Waals surface area (Å²) in [5.74, 6) is 0.347. The van der Waals surface area contributed by atoms with E-state index in [2.05, 4.69) is 20.7 Å². The third-order valence-electron chi connectivity index (χ3n) is 4.85. The molecule has 0 unspecified atom stereocenters. The van der Waals surface area contributed by atoms with Gasteiger partial charge >= 0.3 is 0 Å². The summed E-state index contributed by atoms with van der Waals surface area (Å²) in [6, 6.07) is 22.4. The molecule has 0 fully saturated rings. The fourth-order valence-corrected chi connectivity index (χ4v) is 3.58. The van der Waals surface area contributed by atoms with Crippen LogP contribution in [0.25, 0.3) is 0 Å². The zero-order chi connectivity index (χ0) is 22.5. The molecule has 4 aromatic rings. The van der Waals surface area contributed by atoms with E-state index in [0.29, 0.717) is 40.6 Å². The lowest BCUT2D eigenvalue weighted by atomic mass is 10.1. The largest absolute Gasteiger partial charge is 0.350 e. The number of hydrogen-bond donors (Lipinski definition) is 2. The number of aryl methyl sites for hydroxylation is 1. The Morgan fingerprint density at radius 1 is 0.875 bits per heavy atom. The number of halogens is 2. The number of aromatic nitrogens is 3. The van der Waals surface area contributed by atoms with Crippen molar-refractivity contribution >= 4 is 41.0 Å². The molecule has 2 N–H and O–H groups in total. The molecule has 162 valence electrons. The monoisotopic (exact) mass is 465 g/mol. The summed E-state index contributed by atoms with van der Waals surface area (Å²) in [4.78, 5) is 17.7. The molecule has 0 bridgehead atoms. The maximum atomic E-state index is 13.2. The van der Waals surface area contributed by atoms with Gasteiger partial charge in [0.1, 0.15) is 0 Å². The lowest BCUT2D eigenvalue weighted by Gasteiger charge is -2.08. The molecule has 3 aromatic carbocycles. The van der Waals surface area contributed by atoms with E-state index < -0.39 is 0 Å². The Balaban J connectivity index is 1.60. The van der Waals surface area contributed by atoms with Crippen LogP contribution in [-0.4, -0.2) is 20.7 Å². The molecule has 32 heavy (non-hydrogen) atoms. The standard InChI is InChI=1S/C24H21Cl2N5O/c1-16-7-6-10-17(13-16)22(32)31-24(28-15-19-9-3-5-12-21(19)26)29-23(30-31)27-14-18-8-2-4-11-20(18)25/h2-13H,14-15H2,1H3,(H2,27,28,29,30). The second kappa shape index (κ2) is 9.85. The first-order valence-electron chi connectivity index (χ1n) is 10.0. The maximum absolute atomic E-state index is 13.2. The maximum Gasteiger partial charge on any atom is 0.281 e. The summed E-state index contributed by atoms with van der Waals surface area (Å²) in [6.07, 6.45) is 0. The van der Waals surface area contributed by atoms with Gasteiger partial charge in [-0.2, -0.15) is 9.67 Å². The predicted molar refractivity (Wildman–Crippen MR) is 128 cm³/mol. The van der Waals surface area contributed by atoms with Gasteiger partial charge in [0.15, 0.2) is 0 Å². The van der Waals surface area contributed by atoms with E-state index in [1.165, 1.54) is 4.68 Å². The first-order valence-corrected chi connectivity index (χ1v) is 10.8. The predicted octanol–water partition coefficient (Wildman–Crippen LogP) is 5.81. The van der Waals surface area contributed by atoms with Crippen LogP contribution in [0.1, 0.15) is 27.0 Å². The quantitative estimate of drug-likeness (QED) is 0.360. The van der Waals surface area contributed by atoms with Crippen LogP contribution < -0.4 is 10.6 Å². The second-order valence-corrected chi connectivity index (χ2v) is 8.05. The van der Waals surface area contributed by atoms with Gasteiger partial charge in [-0.05, 0) is 42.3 Å². The zero-order valence-corrected chi connectivity index (χ0v) is 18.9. The van der Waals surface area contributed by atoms with Crippen molar-refractivity contribution in [2.45, 2.75) is 20.0 Å². The highest BCUT2D eigenvalue weighted by atomic mass is 35.5. The topological polar surface area (TPSA) is 71.8 Å². The third-order valence-corrected chi connectivity index (χ3v) is 5.59. The van der Waals surface area contributed by atoms with Crippen LogP contribution in [0.3, 0.4) is 0 Å². The van der Waals surface area contributed by atoms with Crippen LogP contribution >= 0.6 is 23.2 Å². The van der Waals surface area contributed by atoms with Crippen molar-refractivity contribution in [3.63, 3.8) is 0 Å². The van der Waals surface area contributed by atoms with Crippen molar-refractivity contribution < 1.29 is 4.79 Å². The molecule has 0 spiro atoms. The third kappa shape index (κ3) is 5.10. The molecule has 1 heterocycles. The van der Waals surface area contributed by atoms with Crippen molar-refractivity contribution in [3.05, 3.63) is 105 Å². The Hall–Kier alpha value is -3.35. The number of benzene rings is 3. The van der Waals surface area contributed by atoms with Crippen LogP contribution in [-0.2, 0) is 13.1 Å². The molecule has 0 radical (unpaired) electrons. The Morgan fingerprint density at radius 3 is 2.12 bits per heavy atom.